The molecule has 0 aliphatic heterocycles. The monoisotopic (exact) mass is 715 g/mol. The van der Waals surface area contributed by atoms with Gasteiger partial charge in [-0.3, -0.25) is 0 Å². The van der Waals surface area contributed by atoms with Gasteiger partial charge in [-0.15, -0.1) is 0 Å². The van der Waals surface area contributed by atoms with Gasteiger partial charge in [-0.2, -0.15) is 0 Å². The normalized spacial score (nSPS) is 11.6. The van der Waals surface area contributed by atoms with Crippen LogP contribution in [-0.4, -0.2) is 24.1 Å². The Kier molecular flexibility index (Phi) is 7.42. The predicted octanol–water partition coefficient (Wildman–Crippen LogP) is 12.7. The second-order valence-corrected chi connectivity index (χ2v) is 14.1. The summed E-state index contributed by atoms with van der Waals surface area (Å²) in [6.07, 6.45) is 2.20. The van der Waals surface area contributed by atoms with Crippen LogP contribution in [0, 0.1) is 0 Å². The molecule has 0 spiro atoms. The van der Waals surface area contributed by atoms with Crippen LogP contribution in [0.2, 0.25) is 0 Å². The number of rotatable bonds is 6. The maximum atomic E-state index is 4.96. The number of hydrogen-bond acceptors (Lipinski definition) is 3. The highest BCUT2D eigenvalue weighted by Crippen LogP contribution is 2.40. The van der Waals surface area contributed by atoms with Crippen molar-refractivity contribution in [1.82, 2.24) is 24.1 Å². The molecule has 3 aromatic heterocycles. The van der Waals surface area contributed by atoms with Gasteiger partial charge in [0.25, 0.3) is 0 Å². The first kappa shape index (κ1) is 31.9. The highest BCUT2D eigenvalue weighted by molar-refractivity contribution is 6.25. The van der Waals surface area contributed by atoms with Crippen molar-refractivity contribution in [2.24, 2.45) is 0 Å². The fourth-order valence-corrected chi connectivity index (χ4v) is 8.15. The van der Waals surface area contributed by atoms with Gasteiger partial charge in [-0.1, -0.05) is 146 Å². The van der Waals surface area contributed by atoms with Gasteiger partial charge in [-0.05, 0) is 65.0 Å². The summed E-state index contributed by atoms with van der Waals surface area (Å²) in [4.78, 5) is 14.8. The number of fused-ring (bicyclic) bond motifs is 7. The third kappa shape index (κ3) is 5.29. The van der Waals surface area contributed by atoms with E-state index in [4.69, 9.17) is 15.0 Å². The summed E-state index contributed by atoms with van der Waals surface area (Å²) in [6.45, 7) is 0. The lowest BCUT2D eigenvalue weighted by Crippen LogP contribution is -2.00. The van der Waals surface area contributed by atoms with Crippen LogP contribution in [0.25, 0.3) is 100 Å². The van der Waals surface area contributed by atoms with E-state index in [-0.39, 0.29) is 0 Å². The van der Waals surface area contributed by atoms with E-state index in [1.165, 1.54) is 43.5 Å². The van der Waals surface area contributed by atoms with Crippen molar-refractivity contribution in [2.45, 2.75) is 0 Å². The molecule has 11 aromatic rings. The molecule has 0 radical (unpaired) electrons. The molecule has 11 rings (SSSR count). The van der Waals surface area contributed by atoms with Gasteiger partial charge in [-0.25, -0.2) is 15.0 Å². The number of aromatic nitrogens is 5. The summed E-state index contributed by atoms with van der Waals surface area (Å²) < 4.78 is 4.72. The molecule has 5 heteroatoms. The Balaban J connectivity index is 0.993. The zero-order chi connectivity index (χ0) is 37.0. The van der Waals surface area contributed by atoms with Crippen LogP contribution in [-0.2, 0) is 0 Å². The van der Waals surface area contributed by atoms with Gasteiger partial charge in [0.1, 0.15) is 0 Å². The molecular weight excluding hydrogens is 683 g/mol. The van der Waals surface area contributed by atoms with E-state index in [2.05, 4.69) is 149 Å². The number of para-hydroxylation sites is 2. The van der Waals surface area contributed by atoms with Gasteiger partial charge in [0.2, 0.25) is 0 Å². The molecule has 262 valence electrons. The molecule has 56 heavy (non-hydrogen) atoms. The molecule has 0 amide bonds. The van der Waals surface area contributed by atoms with Gasteiger partial charge in [0, 0.05) is 55.8 Å². The lowest BCUT2D eigenvalue weighted by Gasteiger charge is -2.12. The highest BCUT2D eigenvalue weighted by atomic mass is 15.0. The van der Waals surface area contributed by atoms with Crippen LogP contribution < -0.4 is 0 Å². The Morgan fingerprint density at radius 1 is 0.339 bits per heavy atom. The van der Waals surface area contributed by atoms with Gasteiger partial charge in [0.05, 0.1) is 16.6 Å². The number of benzene rings is 8. The quantitative estimate of drug-likeness (QED) is 0.172. The minimum absolute atomic E-state index is 0.641. The van der Waals surface area contributed by atoms with E-state index in [1.807, 2.05) is 60.7 Å². The average molecular weight is 716 g/mol. The van der Waals surface area contributed by atoms with Crippen molar-refractivity contribution < 1.29 is 0 Å². The van der Waals surface area contributed by atoms with E-state index >= 15 is 0 Å². The first-order valence-electron chi connectivity index (χ1n) is 18.9. The molecule has 8 aromatic carbocycles. The fourth-order valence-electron chi connectivity index (χ4n) is 8.15. The van der Waals surface area contributed by atoms with Crippen LogP contribution in [0.4, 0.5) is 0 Å². The van der Waals surface area contributed by atoms with Gasteiger partial charge < -0.3 is 9.13 Å². The van der Waals surface area contributed by atoms with Crippen LogP contribution in [0.1, 0.15) is 0 Å². The lowest BCUT2D eigenvalue weighted by atomic mass is 10.0. The largest absolute Gasteiger partial charge is 0.317 e. The highest BCUT2D eigenvalue weighted by Gasteiger charge is 2.18. The summed E-state index contributed by atoms with van der Waals surface area (Å²) in [6, 6.07) is 68.2. The standard InChI is InChI=1S/C51H33N5/c1-4-13-36(14-5-1)49-52-50(37-15-6-2-7-16-37)54-51(53-49)39-18-12-17-38(33-39)34-23-27-40(28-24-34)55-32-31-44-45(55)30-26-35-25-29-43-42-21-10-11-22-46(42)56(48(43)47(35)44)41-19-8-3-9-20-41/h1-33H. The Bertz CT molecular complexity index is 3160. The molecule has 5 nitrogen and oxygen atoms in total. The lowest BCUT2D eigenvalue weighted by molar-refractivity contribution is 1.07. The summed E-state index contributed by atoms with van der Waals surface area (Å²) in [5, 5.41) is 6.23. The summed E-state index contributed by atoms with van der Waals surface area (Å²) >= 11 is 0. The van der Waals surface area contributed by atoms with Crippen molar-refractivity contribution in [1.29, 1.82) is 0 Å². The third-order valence-corrected chi connectivity index (χ3v) is 10.8. The van der Waals surface area contributed by atoms with Gasteiger partial charge in [0.15, 0.2) is 17.5 Å². The van der Waals surface area contributed by atoms with Crippen LogP contribution in [0.5, 0.6) is 0 Å². The Labute approximate surface area is 323 Å². The van der Waals surface area contributed by atoms with E-state index in [9.17, 15) is 0 Å². The van der Waals surface area contributed by atoms with Crippen LogP contribution in [0.3, 0.4) is 0 Å². The molecule has 0 aliphatic rings. The first-order chi connectivity index (χ1) is 27.8. The van der Waals surface area contributed by atoms with Crippen molar-refractivity contribution in [2.75, 3.05) is 0 Å². The molecule has 0 bridgehead atoms. The first-order valence-corrected chi connectivity index (χ1v) is 18.9. The predicted molar refractivity (Wildman–Crippen MR) is 230 cm³/mol. The number of nitrogens with zero attached hydrogens (tertiary/aromatic N) is 5. The molecule has 0 atom stereocenters. The molecule has 0 N–H and O–H groups in total. The number of hydrogen-bond donors (Lipinski definition) is 0. The maximum Gasteiger partial charge on any atom is 0.164 e. The molecule has 3 heterocycles. The molecular formula is C51H33N5. The fraction of sp³-hybridized carbons (Fsp3) is 0. The molecule has 0 aliphatic carbocycles. The Morgan fingerprint density at radius 2 is 0.929 bits per heavy atom. The van der Waals surface area contributed by atoms with E-state index in [1.54, 1.807) is 0 Å². The molecule has 0 fully saturated rings. The second kappa shape index (κ2) is 13.0. The minimum atomic E-state index is 0.641. The van der Waals surface area contributed by atoms with Crippen molar-refractivity contribution >= 4 is 43.5 Å². The Hall–Kier alpha value is -7.63. The van der Waals surface area contributed by atoms with Crippen molar-refractivity contribution in [3.8, 4) is 56.7 Å². The Morgan fingerprint density at radius 3 is 1.64 bits per heavy atom. The minimum Gasteiger partial charge on any atom is -0.317 e. The summed E-state index contributed by atoms with van der Waals surface area (Å²) in [7, 11) is 0. The summed E-state index contributed by atoms with van der Waals surface area (Å²) in [5.74, 6) is 1.94. The molecule has 0 saturated carbocycles. The zero-order valence-corrected chi connectivity index (χ0v) is 30.3. The topological polar surface area (TPSA) is 48.5 Å². The zero-order valence-electron chi connectivity index (χ0n) is 30.3. The maximum absolute atomic E-state index is 4.96. The van der Waals surface area contributed by atoms with Crippen LogP contribution in [0.15, 0.2) is 200 Å². The molecule has 0 unspecified atom stereocenters. The average Bonchev–Trinajstić information content (AvgIpc) is 3.87. The van der Waals surface area contributed by atoms with Crippen molar-refractivity contribution in [3.05, 3.63) is 200 Å². The smallest absolute Gasteiger partial charge is 0.164 e. The van der Waals surface area contributed by atoms with Gasteiger partial charge >= 0.3 is 0 Å². The van der Waals surface area contributed by atoms with E-state index in [0.29, 0.717) is 17.5 Å². The van der Waals surface area contributed by atoms with Crippen molar-refractivity contribution in [3.63, 3.8) is 0 Å². The van der Waals surface area contributed by atoms with E-state index < -0.39 is 0 Å². The van der Waals surface area contributed by atoms with E-state index in [0.717, 1.165) is 39.2 Å². The third-order valence-electron chi connectivity index (χ3n) is 10.8. The SMILES string of the molecule is c1ccc(-c2nc(-c3ccccc3)nc(-c3cccc(-c4ccc(-n5ccc6c7c(ccc8c9ccccc9n(-c9ccccc9)c87)ccc65)cc4)c3)n2)cc1. The summed E-state index contributed by atoms with van der Waals surface area (Å²) in [5.41, 5.74) is 10.9. The molecule has 0 saturated heterocycles. The van der Waals surface area contributed by atoms with Crippen LogP contribution >= 0.6 is 0 Å². The second-order valence-electron chi connectivity index (χ2n) is 14.1.